The first-order valence-electron chi connectivity index (χ1n) is 3.47. The van der Waals surface area contributed by atoms with E-state index < -0.39 is 0 Å². The van der Waals surface area contributed by atoms with E-state index in [9.17, 15) is 0 Å². The van der Waals surface area contributed by atoms with Crippen molar-refractivity contribution in [2.45, 2.75) is 13.8 Å². The Morgan fingerprint density at radius 2 is 2.27 bits per heavy atom. The monoisotopic (exact) mass is 146 g/mol. The zero-order valence-electron chi connectivity index (χ0n) is 6.50. The summed E-state index contributed by atoms with van der Waals surface area (Å²) >= 11 is 0. The molecule has 2 rings (SSSR count). The van der Waals surface area contributed by atoms with Crippen molar-refractivity contribution in [3.8, 4) is 0 Å². The van der Waals surface area contributed by atoms with Gasteiger partial charge < -0.3 is 0 Å². The van der Waals surface area contributed by atoms with Crippen LogP contribution in [0.15, 0.2) is 12.3 Å². The van der Waals surface area contributed by atoms with Crippen molar-refractivity contribution >= 4 is 5.65 Å². The lowest BCUT2D eigenvalue weighted by atomic mass is 10.4. The average molecular weight is 146 g/mol. The van der Waals surface area contributed by atoms with Crippen molar-refractivity contribution in [3.05, 3.63) is 29.7 Å². The van der Waals surface area contributed by atoms with E-state index in [0.29, 0.717) is 0 Å². The minimum Gasteiger partial charge on any atom is -0.236 e. The fraction of sp³-hybridized carbons (Fsp3) is 0.250. The van der Waals surface area contributed by atoms with Gasteiger partial charge in [0.1, 0.15) is 0 Å². The van der Waals surface area contributed by atoms with Gasteiger partial charge in [0.25, 0.3) is 0 Å². The third-order valence-electron chi connectivity index (χ3n) is 1.60. The van der Waals surface area contributed by atoms with Crippen LogP contribution in [0.1, 0.15) is 11.4 Å². The quantitative estimate of drug-likeness (QED) is 0.558. The summed E-state index contributed by atoms with van der Waals surface area (Å²) in [6, 6.07) is 4.92. The third-order valence-corrected chi connectivity index (χ3v) is 1.60. The summed E-state index contributed by atoms with van der Waals surface area (Å²) in [4.78, 5) is 4.11. The zero-order chi connectivity index (χ0) is 7.84. The second kappa shape index (κ2) is 2.05. The number of nitrogens with zero attached hydrogens (tertiary/aromatic N) is 3. The molecule has 0 saturated heterocycles. The van der Waals surface area contributed by atoms with Crippen molar-refractivity contribution in [1.82, 2.24) is 14.6 Å². The Labute approximate surface area is 64.7 Å². The first-order chi connectivity index (χ1) is 5.27. The Balaban J connectivity index is 2.90. The first-order valence-corrected chi connectivity index (χ1v) is 3.47. The molecule has 0 saturated carbocycles. The maximum Gasteiger partial charge on any atom is 0.155 e. The Kier molecular flexibility index (Phi) is 1.18. The minimum absolute atomic E-state index is 0.888. The van der Waals surface area contributed by atoms with E-state index in [1.54, 1.807) is 10.7 Å². The van der Waals surface area contributed by atoms with E-state index in [4.69, 9.17) is 0 Å². The van der Waals surface area contributed by atoms with Crippen LogP contribution in [0.4, 0.5) is 0 Å². The maximum atomic E-state index is 4.24. The standard InChI is InChI=1S/C8H8N3/c1-6-5-8-9-4-3-7(2)11(8)10-6/h4-5H,1-2H3. The number of hydrogen-bond donors (Lipinski definition) is 0. The fourth-order valence-electron chi connectivity index (χ4n) is 1.08. The lowest BCUT2D eigenvalue weighted by Gasteiger charge is -1.93. The number of hydrogen-bond acceptors (Lipinski definition) is 2. The summed E-state index contributed by atoms with van der Waals surface area (Å²) in [6.45, 7) is 3.91. The molecule has 0 aliphatic rings. The van der Waals surface area contributed by atoms with Crippen LogP contribution < -0.4 is 0 Å². The summed E-state index contributed by atoms with van der Waals surface area (Å²) in [5.41, 5.74) is 2.86. The van der Waals surface area contributed by atoms with Crippen molar-refractivity contribution in [1.29, 1.82) is 0 Å². The van der Waals surface area contributed by atoms with Crippen molar-refractivity contribution in [2.75, 3.05) is 0 Å². The van der Waals surface area contributed by atoms with E-state index in [-0.39, 0.29) is 0 Å². The van der Waals surface area contributed by atoms with Crippen molar-refractivity contribution < 1.29 is 0 Å². The zero-order valence-corrected chi connectivity index (χ0v) is 6.50. The molecule has 55 valence electrons. The van der Waals surface area contributed by atoms with E-state index in [1.165, 1.54) is 0 Å². The van der Waals surface area contributed by atoms with Crippen molar-refractivity contribution in [2.24, 2.45) is 0 Å². The lowest BCUT2D eigenvalue weighted by molar-refractivity contribution is 0.875. The van der Waals surface area contributed by atoms with Crippen LogP contribution in [0.3, 0.4) is 0 Å². The molecule has 1 radical (unpaired) electrons. The molecule has 0 spiro atoms. The molecule has 0 aliphatic carbocycles. The highest BCUT2D eigenvalue weighted by Crippen LogP contribution is 2.03. The summed E-state index contributed by atoms with van der Waals surface area (Å²) in [5, 5.41) is 4.24. The SMILES string of the molecule is Cc1cc2nc[c]c(C)n2n1. The van der Waals surface area contributed by atoms with Gasteiger partial charge in [-0.3, -0.25) is 0 Å². The van der Waals surface area contributed by atoms with Crippen LogP contribution in [-0.4, -0.2) is 14.6 Å². The van der Waals surface area contributed by atoms with E-state index in [1.807, 2.05) is 19.9 Å². The van der Waals surface area contributed by atoms with Gasteiger partial charge >= 0.3 is 0 Å². The summed E-state index contributed by atoms with van der Waals surface area (Å²) < 4.78 is 1.79. The van der Waals surface area contributed by atoms with Crippen LogP contribution in [0, 0.1) is 19.9 Å². The number of aromatic nitrogens is 3. The summed E-state index contributed by atoms with van der Waals surface area (Å²) in [7, 11) is 0. The predicted octanol–water partition coefficient (Wildman–Crippen LogP) is 1.15. The van der Waals surface area contributed by atoms with Crippen LogP contribution >= 0.6 is 0 Å². The Hall–Kier alpha value is -1.38. The van der Waals surface area contributed by atoms with Gasteiger partial charge in [0.05, 0.1) is 11.4 Å². The second-order valence-corrected chi connectivity index (χ2v) is 2.54. The normalized spacial score (nSPS) is 10.7. The molecular weight excluding hydrogens is 138 g/mol. The minimum atomic E-state index is 0.888. The van der Waals surface area contributed by atoms with Crippen LogP contribution in [0.2, 0.25) is 0 Å². The lowest BCUT2D eigenvalue weighted by Crippen LogP contribution is -1.94. The van der Waals surface area contributed by atoms with E-state index >= 15 is 0 Å². The largest absolute Gasteiger partial charge is 0.236 e. The number of aryl methyl sites for hydroxylation is 2. The molecule has 0 amide bonds. The molecule has 3 heteroatoms. The molecule has 0 atom stereocenters. The highest BCUT2D eigenvalue weighted by molar-refractivity contribution is 5.39. The Bertz CT molecular complexity index is 389. The molecule has 0 bridgehead atoms. The highest BCUT2D eigenvalue weighted by Gasteiger charge is 1.98. The molecule has 0 aliphatic heterocycles. The van der Waals surface area contributed by atoms with Gasteiger partial charge in [-0.05, 0) is 13.8 Å². The van der Waals surface area contributed by atoms with Crippen LogP contribution in [0.25, 0.3) is 5.65 Å². The Morgan fingerprint density at radius 1 is 1.45 bits per heavy atom. The number of fused-ring (bicyclic) bond motifs is 1. The molecule has 2 aromatic heterocycles. The fourth-order valence-corrected chi connectivity index (χ4v) is 1.08. The van der Waals surface area contributed by atoms with Crippen LogP contribution in [0.5, 0.6) is 0 Å². The first kappa shape index (κ1) is 6.34. The van der Waals surface area contributed by atoms with Gasteiger partial charge in [-0.2, -0.15) is 5.10 Å². The summed E-state index contributed by atoms with van der Waals surface area (Å²) in [6.07, 6.45) is 1.67. The summed E-state index contributed by atoms with van der Waals surface area (Å²) in [5.74, 6) is 0. The molecule has 2 heterocycles. The van der Waals surface area contributed by atoms with Gasteiger partial charge in [-0.25, -0.2) is 9.50 Å². The Morgan fingerprint density at radius 3 is 3.00 bits per heavy atom. The van der Waals surface area contributed by atoms with Crippen molar-refractivity contribution in [3.63, 3.8) is 0 Å². The topological polar surface area (TPSA) is 30.2 Å². The highest BCUT2D eigenvalue weighted by atomic mass is 15.3. The molecule has 3 nitrogen and oxygen atoms in total. The molecule has 0 N–H and O–H groups in total. The van der Waals surface area contributed by atoms with E-state index in [0.717, 1.165) is 17.0 Å². The van der Waals surface area contributed by atoms with Gasteiger partial charge in [0.15, 0.2) is 5.65 Å². The molecule has 0 aromatic carbocycles. The van der Waals surface area contributed by atoms with E-state index in [2.05, 4.69) is 16.1 Å². The number of rotatable bonds is 0. The predicted molar refractivity (Wildman–Crippen MR) is 41.3 cm³/mol. The molecule has 0 unspecified atom stereocenters. The van der Waals surface area contributed by atoms with Crippen LogP contribution in [-0.2, 0) is 0 Å². The van der Waals surface area contributed by atoms with Gasteiger partial charge in [0, 0.05) is 18.3 Å². The van der Waals surface area contributed by atoms with Gasteiger partial charge in [-0.15, -0.1) is 0 Å². The molecular formula is C8H8N3. The third kappa shape index (κ3) is 0.888. The second-order valence-electron chi connectivity index (χ2n) is 2.54. The molecule has 11 heavy (non-hydrogen) atoms. The molecule has 0 fully saturated rings. The molecule has 2 aromatic rings. The smallest absolute Gasteiger partial charge is 0.155 e. The van der Waals surface area contributed by atoms with Gasteiger partial charge in [-0.1, -0.05) is 0 Å². The average Bonchev–Trinajstić information content (AvgIpc) is 2.31. The van der Waals surface area contributed by atoms with Gasteiger partial charge in [0.2, 0.25) is 0 Å². The maximum absolute atomic E-state index is 4.24.